The number of rotatable bonds is 2. The molecule has 3 heterocycles. The number of hydrogen-bond donors (Lipinski definition) is 1. The van der Waals surface area contributed by atoms with E-state index in [1.165, 1.54) is 11.3 Å². The van der Waals surface area contributed by atoms with Crippen LogP contribution in [0.4, 0.5) is 5.13 Å². The molecule has 0 unspecified atom stereocenters. The van der Waals surface area contributed by atoms with Crippen LogP contribution in [0.1, 0.15) is 16.3 Å². The number of amides is 1. The van der Waals surface area contributed by atoms with Crippen molar-refractivity contribution in [2.24, 2.45) is 0 Å². The molecule has 5 aromatic rings. The first kappa shape index (κ1) is 14.9. The smallest absolute Gasteiger partial charge is 0.295 e. The van der Waals surface area contributed by atoms with Crippen LogP contribution in [0.2, 0.25) is 0 Å². The summed E-state index contributed by atoms with van der Waals surface area (Å²) < 4.78 is 2.56. The molecule has 0 saturated heterocycles. The molecule has 0 aliphatic heterocycles. The molecule has 8 heteroatoms. The second-order valence-corrected chi connectivity index (χ2v) is 6.87. The summed E-state index contributed by atoms with van der Waals surface area (Å²) in [7, 11) is 0. The highest BCUT2D eigenvalue weighted by molar-refractivity contribution is 7.22. The predicted octanol–water partition coefficient (Wildman–Crippen LogP) is 3.45. The van der Waals surface area contributed by atoms with E-state index < -0.39 is 5.91 Å². The summed E-state index contributed by atoms with van der Waals surface area (Å²) in [4.78, 5) is 25.4. The summed E-state index contributed by atoms with van der Waals surface area (Å²) in [6, 6.07) is 13.9. The number of carbonyl (C=O) groups is 1. The number of hydrogen-bond acceptors (Lipinski definition) is 6. The third kappa shape index (κ3) is 2.31. The van der Waals surface area contributed by atoms with E-state index in [1.807, 2.05) is 43.3 Å². The molecule has 0 aliphatic carbocycles. The van der Waals surface area contributed by atoms with Gasteiger partial charge in [-0.2, -0.15) is 4.98 Å². The molecule has 0 fully saturated rings. The quantitative estimate of drug-likeness (QED) is 0.521. The van der Waals surface area contributed by atoms with E-state index in [0.717, 1.165) is 26.7 Å². The largest absolute Gasteiger partial charge is 0.297 e. The Hall–Kier alpha value is -3.39. The Bertz CT molecular complexity index is 1310. The van der Waals surface area contributed by atoms with Crippen molar-refractivity contribution >= 4 is 49.1 Å². The van der Waals surface area contributed by atoms with Gasteiger partial charge in [-0.05, 0) is 24.4 Å². The fourth-order valence-electron chi connectivity index (χ4n) is 2.87. The highest BCUT2D eigenvalue weighted by Crippen LogP contribution is 2.31. The zero-order chi connectivity index (χ0) is 17.7. The van der Waals surface area contributed by atoms with Gasteiger partial charge >= 0.3 is 0 Å². The summed E-state index contributed by atoms with van der Waals surface area (Å²) in [5.74, 6) is 0.0552. The van der Waals surface area contributed by atoms with Crippen LogP contribution >= 0.6 is 11.3 Å². The van der Waals surface area contributed by atoms with E-state index in [-0.39, 0.29) is 5.82 Å². The van der Waals surface area contributed by atoms with Gasteiger partial charge in [0.2, 0.25) is 5.82 Å². The van der Waals surface area contributed by atoms with Gasteiger partial charge in [0.05, 0.1) is 10.2 Å². The molecule has 26 heavy (non-hydrogen) atoms. The molecule has 2 aromatic carbocycles. The lowest BCUT2D eigenvalue weighted by atomic mass is 10.1. The Balaban J connectivity index is 1.52. The lowest BCUT2D eigenvalue weighted by molar-refractivity contribution is 0.101. The maximum atomic E-state index is 12.5. The van der Waals surface area contributed by atoms with Crippen molar-refractivity contribution < 1.29 is 4.79 Å². The van der Waals surface area contributed by atoms with E-state index in [0.29, 0.717) is 10.9 Å². The highest BCUT2D eigenvalue weighted by Gasteiger charge is 2.17. The molecule has 0 aliphatic rings. The number of anilines is 1. The van der Waals surface area contributed by atoms with Crippen LogP contribution in [0.25, 0.3) is 26.8 Å². The molecule has 5 rings (SSSR count). The second-order valence-electron chi connectivity index (χ2n) is 5.84. The molecule has 126 valence electrons. The molecular formula is C18H12N6OS. The Labute approximate surface area is 151 Å². The number of fused-ring (bicyclic) bond motifs is 4. The maximum absolute atomic E-state index is 12.5. The topological polar surface area (TPSA) is 85.1 Å². The van der Waals surface area contributed by atoms with Crippen molar-refractivity contribution in [2.75, 3.05) is 5.32 Å². The van der Waals surface area contributed by atoms with Crippen LogP contribution in [-0.4, -0.2) is 30.5 Å². The first-order chi connectivity index (χ1) is 12.7. The van der Waals surface area contributed by atoms with Gasteiger partial charge in [-0.15, -0.1) is 5.10 Å². The van der Waals surface area contributed by atoms with Crippen molar-refractivity contribution in [1.82, 2.24) is 24.6 Å². The maximum Gasteiger partial charge on any atom is 0.297 e. The van der Waals surface area contributed by atoms with Gasteiger partial charge in [0, 0.05) is 17.3 Å². The number of nitrogens with zero attached hydrogens (tertiary/aromatic N) is 5. The van der Waals surface area contributed by atoms with E-state index in [1.54, 1.807) is 10.7 Å². The average molecular weight is 360 g/mol. The molecule has 0 saturated carbocycles. The Morgan fingerprint density at radius 2 is 2.00 bits per heavy atom. The molecule has 0 atom stereocenters. The number of carbonyl (C=O) groups excluding carboxylic acids is 1. The second kappa shape index (κ2) is 5.57. The monoisotopic (exact) mass is 360 g/mol. The molecular weight excluding hydrogens is 348 g/mol. The molecule has 0 bridgehead atoms. The molecule has 0 spiro atoms. The molecule has 1 amide bonds. The SMILES string of the molecule is Cc1ccnc2nc(C(=O)Nc3nc4c(ccc5ccccc54)s3)nn12. The minimum absolute atomic E-state index is 0.0657. The van der Waals surface area contributed by atoms with Crippen molar-refractivity contribution in [1.29, 1.82) is 0 Å². The number of aromatic nitrogens is 5. The Morgan fingerprint density at radius 1 is 1.12 bits per heavy atom. The minimum Gasteiger partial charge on any atom is -0.295 e. The number of thiazole rings is 1. The van der Waals surface area contributed by atoms with E-state index in [9.17, 15) is 4.79 Å². The van der Waals surface area contributed by atoms with Gasteiger partial charge in [-0.1, -0.05) is 41.7 Å². The fraction of sp³-hybridized carbons (Fsp3) is 0.0556. The van der Waals surface area contributed by atoms with Crippen LogP contribution in [0.5, 0.6) is 0 Å². The number of nitrogens with one attached hydrogen (secondary N) is 1. The van der Waals surface area contributed by atoms with Crippen LogP contribution < -0.4 is 5.32 Å². The van der Waals surface area contributed by atoms with Gasteiger partial charge in [0.1, 0.15) is 0 Å². The zero-order valence-corrected chi connectivity index (χ0v) is 14.5. The third-order valence-electron chi connectivity index (χ3n) is 4.14. The Morgan fingerprint density at radius 3 is 2.88 bits per heavy atom. The van der Waals surface area contributed by atoms with E-state index in [4.69, 9.17) is 0 Å². The molecule has 0 radical (unpaired) electrons. The zero-order valence-electron chi connectivity index (χ0n) is 13.7. The lowest BCUT2D eigenvalue weighted by Gasteiger charge is -1.97. The molecule has 3 aromatic heterocycles. The van der Waals surface area contributed by atoms with Crippen LogP contribution in [-0.2, 0) is 0 Å². The number of benzene rings is 2. The van der Waals surface area contributed by atoms with Crippen LogP contribution in [0.15, 0.2) is 48.7 Å². The normalized spacial score (nSPS) is 11.4. The van der Waals surface area contributed by atoms with Gasteiger partial charge in [0.25, 0.3) is 11.7 Å². The highest BCUT2D eigenvalue weighted by atomic mass is 32.1. The van der Waals surface area contributed by atoms with Crippen molar-refractivity contribution in [3.05, 3.63) is 60.2 Å². The van der Waals surface area contributed by atoms with Crippen molar-refractivity contribution in [3.63, 3.8) is 0 Å². The summed E-state index contributed by atoms with van der Waals surface area (Å²) in [6.07, 6.45) is 1.64. The minimum atomic E-state index is -0.404. The average Bonchev–Trinajstić information content (AvgIpc) is 3.26. The van der Waals surface area contributed by atoms with E-state index in [2.05, 4.69) is 31.4 Å². The predicted molar refractivity (Wildman–Crippen MR) is 101 cm³/mol. The third-order valence-corrected chi connectivity index (χ3v) is 5.07. The van der Waals surface area contributed by atoms with Crippen molar-refractivity contribution in [3.8, 4) is 0 Å². The fourth-order valence-corrected chi connectivity index (χ4v) is 3.75. The molecule has 7 nitrogen and oxygen atoms in total. The van der Waals surface area contributed by atoms with Gasteiger partial charge in [0.15, 0.2) is 5.13 Å². The first-order valence-electron chi connectivity index (χ1n) is 7.97. The molecule has 1 N–H and O–H groups in total. The summed E-state index contributed by atoms with van der Waals surface area (Å²) in [5.41, 5.74) is 1.73. The Kier molecular flexibility index (Phi) is 3.19. The van der Waals surface area contributed by atoms with Gasteiger partial charge in [-0.3, -0.25) is 10.1 Å². The summed E-state index contributed by atoms with van der Waals surface area (Å²) >= 11 is 1.42. The van der Waals surface area contributed by atoms with Crippen molar-refractivity contribution in [2.45, 2.75) is 6.92 Å². The van der Waals surface area contributed by atoms with Crippen LogP contribution in [0, 0.1) is 6.92 Å². The summed E-state index contributed by atoms with van der Waals surface area (Å²) in [6.45, 7) is 1.88. The lowest BCUT2D eigenvalue weighted by Crippen LogP contribution is -2.13. The van der Waals surface area contributed by atoms with Gasteiger partial charge < -0.3 is 0 Å². The van der Waals surface area contributed by atoms with Gasteiger partial charge in [-0.25, -0.2) is 14.5 Å². The number of aryl methyl sites for hydroxylation is 1. The first-order valence-corrected chi connectivity index (χ1v) is 8.79. The summed E-state index contributed by atoms with van der Waals surface area (Å²) in [5, 5.41) is 9.71. The van der Waals surface area contributed by atoms with Crippen LogP contribution in [0.3, 0.4) is 0 Å². The standard InChI is InChI=1S/C18H12N6OS/c1-10-8-9-19-17-21-15(23-24(10)17)16(25)22-18-20-14-12-5-3-2-4-11(12)6-7-13(14)26-18/h2-9H,1H3,(H,20,22,25). The van der Waals surface area contributed by atoms with E-state index >= 15 is 0 Å².